The number of aryl methyl sites for hydroxylation is 1. The lowest BCUT2D eigenvalue weighted by Crippen LogP contribution is -2.50. The minimum absolute atomic E-state index is 0.0140. The van der Waals surface area contributed by atoms with E-state index in [0.29, 0.717) is 5.69 Å². The molecule has 0 aliphatic carbocycles. The highest BCUT2D eigenvalue weighted by atomic mass is 79.9. The molecule has 0 saturated carbocycles. The molecule has 2 heterocycles. The number of aromatic nitrogens is 2. The van der Waals surface area contributed by atoms with Gasteiger partial charge in [-0.1, -0.05) is 58.4 Å². The average Bonchev–Trinajstić information content (AvgIpc) is 3.07. The maximum Gasteiger partial charge on any atom is 0.339 e. The maximum absolute atomic E-state index is 13.2. The molecule has 0 spiro atoms. The standard InChI is InChI=1S/C19H17BrN4O3S/c1-22-18-17(11-21-22)23(12-15-7-9-16(20)10-8-15)19(25)24(28(18,26)27)13-14-5-3-2-4-6-14/h2-11H,12-13H2,1H3. The molecule has 4 rings (SSSR count). The van der Waals surface area contributed by atoms with Crippen LogP contribution in [-0.4, -0.2) is 28.5 Å². The third kappa shape index (κ3) is 3.20. The van der Waals surface area contributed by atoms with Crippen molar-refractivity contribution < 1.29 is 13.2 Å². The van der Waals surface area contributed by atoms with Crippen molar-refractivity contribution in [3.8, 4) is 0 Å². The topological polar surface area (TPSA) is 75.5 Å². The Kier molecular flexibility index (Phi) is 4.72. The molecule has 9 heteroatoms. The first-order chi connectivity index (χ1) is 13.4. The van der Waals surface area contributed by atoms with Crippen LogP contribution in [0.25, 0.3) is 0 Å². The smallest absolute Gasteiger partial charge is 0.285 e. The van der Waals surface area contributed by atoms with Gasteiger partial charge in [-0.05, 0) is 23.3 Å². The molecule has 144 valence electrons. The van der Waals surface area contributed by atoms with Crippen LogP contribution >= 0.6 is 15.9 Å². The summed E-state index contributed by atoms with van der Waals surface area (Å²) in [5.74, 6) is 0. The molecule has 0 atom stereocenters. The quantitative estimate of drug-likeness (QED) is 0.596. The Labute approximate surface area is 171 Å². The van der Waals surface area contributed by atoms with Crippen LogP contribution in [0.3, 0.4) is 0 Å². The second kappa shape index (κ2) is 7.06. The number of carbonyl (C=O) groups is 1. The van der Waals surface area contributed by atoms with Gasteiger partial charge >= 0.3 is 6.03 Å². The highest BCUT2D eigenvalue weighted by Crippen LogP contribution is 2.35. The second-order valence-corrected chi connectivity index (χ2v) is 9.14. The molecule has 28 heavy (non-hydrogen) atoms. The lowest BCUT2D eigenvalue weighted by molar-refractivity contribution is 0.225. The van der Waals surface area contributed by atoms with Crippen molar-refractivity contribution in [1.82, 2.24) is 14.1 Å². The van der Waals surface area contributed by atoms with E-state index in [9.17, 15) is 13.2 Å². The van der Waals surface area contributed by atoms with Gasteiger partial charge < -0.3 is 0 Å². The van der Waals surface area contributed by atoms with Crippen LogP contribution in [0.4, 0.5) is 10.5 Å². The summed E-state index contributed by atoms with van der Waals surface area (Å²) in [7, 11) is -2.45. The zero-order valence-electron chi connectivity index (χ0n) is 15.0. The molecule has 0 saturated heterocycles. The number of nitrogens with zero attached hydrogens (tertiary/aromatic N) is 4. The van der Waals surface area contributed by atoms with Crippen molar-refractivity contribution in [2.45, 2.75) is 18.1 Å². The number of urea groups is 1. The van der Waals surface area contributed by atoms with Crippen molar-refractivity contribution in [2.75, 3.05) is 4.90 Å². The molecule has 0 N–H and O–H groups in total. The van der Waals surface area contributed by atoms with Crippen LogP contribution in [0, 0.1) is 0 Å². The number of halogens is 1. The summed E-state index contributed by atoms with van der Waals surface area (Å²) in [5, 5.41) is 4.10. The predicted molar refractivity (Wildman–Crippen MR) is 108 cm³/mol. The predicted octanol–water partition coefficient (Wildman–Crippen LogP) is 3.51. The van der Waals surface area contributed by atoms with Crippen molar-refractivity contribution >= 4 is 37.7 Å². The zero-order valence-corrected chi connectivity index (χ0v) is 17.4. The van der Waals surface area contributed by atoms with E-state index in [0.717, 1.165) is 19.9 Å². The Hall–Kier alpha value is -2.65. The van der Waals surface area contributed by atoms with E-state index in [2.05, 4.69) is 21.0 Å². The van der Waals surface area contributed by atoms with E-state index < -0.39 is 16.1 Å². The number of anilines is 1. The Morgan fingerprint density at radius 3 is 2.29 bits per heavy atom. The first-order valence-electron chi connectivity index (χ1n) is 8.52. The van der Waals surface area contributed by atoms with Crippen LogP contribution in [0.2, 0.25) is 0 Å². The van der Waals surface area contributed by atoms with Crippen molar-refractivity contribution in [3.05, 3.63) is 76.4 Å². The zero-order chi connectivity index (χ0) is 19.9. The second-order valence-electron chi connectivity index (χ2n) is 6.45. The van der Waals surface area contributed by atoms with Gasteiger partial charge in [0.15, 0.2) is 5.03 Å². The van der Waals surface area contributed by atoms with Gasteiger partial charge in [-0.15, -0.1) is 0 Å². The SMILES string of the molecule is Cn1ncc2c1S(=O)(=O)N(Cc1ccccc1)C(=O)N2Cc1ccc(Br)cc1. The monoisotopic (exact) mass is 460 g/mol. The molecule has 0 unspecified atom stereocenters. The van der Waals surface area contributed by atoms with E-state index in [1.54, 1.807) is 19.2 Å². The van der Waals surface area contributed by atoms with Gasteiger partial charge in [0.2, 0.25) is 0 Å². The van der Waals surface area contributed by atoms with Crippen molar-refractivity contribution in [3.63, 3.8) is 0 Å². The fourth-order valence-corrected chi connectivity index (χ4v) is 5.08. The first kappa shape index (κ1) is 18.7. The molecule has 1 aromatic heterocycles. The summed E-state index contributed by atoms with van der Waals surface area (Å²) in [6, 6.07) is 16.0. The Bertz CT molecular complexity index is 1130. The van der Waals surface area contributed by atoms with Gasteiger partial charge in [-0.25, -0.2) is 9.10 Å². The van der Waals surface area contributed by atoms with Gasteiger partial charge in [-0.3, -0.25) is 9.58 Å². The van der Waals surface area contributed by atoms with Crippen LogP contribution in [0.1, 0.15) is 11.1 Å². The highest BCUT2D eigenvalue weighted by molar-refractivity contribution is 9.10. The van der Waals surface area contributed by atoms with Crippen LogP contribution < -0.4 is 4.90 Å². The summed E-state index contributed by atoms with van der Waals surface area (Å²) >= 11 is 3.39. The summed E-state index contributed by atoms with van der Waals surface area (Å²) in [4.78, 5) is 14.7. The van der Waals surface area contributed by atoms with Crippen LogP contribution in [0.15, 0.2) is 70.3 Å². The molecule has 2 aromatic carbocycles. The molecular weight excluding hydrogens is 444 g/mol. The minimum Gasteiger partial charge on any atom is -0.285 e. The number of carbonyl (C=O) groups excluding carboxylic acids is 1. The van der Waals surface area contributed by atoms with Crippen LogP contribution in [-0.2, 0) is 30.2 Å². The van der Waals surface area contributed by atoms with Crippen molar-refractivity contribution in [2.24, 2.45) is 7.05 Å². The average molecular weight is 461 g/mol. The van der Waals surface area contributed by atoms with Gasteiger partial charge in [0, 0.05) is 11.5 Å². The molecule has 3 aromatic rings. The molecule has 1 aliphatic rings. The largest absolute Gasteiger partial charge is 0.339 e. The van der Waals surface area contributed by atoms with E-state index in [1.807, 2.05) is 42.5 Å². The first-order valence-corrected chi connectivity index (χ1v) is 10.8. The third-order valence-corrected chi connectivity index (χ3v) is 6.92. The molecular formula is C19H17BrN4O3S. The number of rotatable bonds is 4. The number of fused-ring (bicyclic) bond motifs is 1. The summed E-state index contributed by atoms with van der Waals surface area (Å²) in [5.41, 5.74) is 1.90. The fraction of sp³-hybridized carbons (Fsp3) is 0.158. The van der Waals surface area contributed by atoms with Crippen molar-refractivity contribution in [1.29, 1.82) is 0 Å². The Morgan fingerprint density at radius 1 is 0.964 bits per heavy atom. The number of benzene rings is 2. The highest BCUT2D eigenvalue weighted by Gasteiger charge is 2.44. The Morgan fingerprint density at radius 2 is 1.61 bits per heavy atom. The van der Waals surface area contributed by atoms with Gasteiger partial charge in [-0.2, -0.15) is 13.5 Å². The van der Waals surface area contributed by atoms with E-state index in [4.69, 9.17) is 0 Å². The summed E-state index contributed by atoms with van der Waals surface area (Å²) in [6.07, 6.45) is 1.42. The minimum atomic E-state index is -4.01. The van der Waals surface area contributed by atoms with Gasteiger partial charge in [0.1, 0.15) is 5.69 Å². The lowest BCUT2D eigenvalue weighted by Gasteiger charge is -2.34. The normalized spacial score (nSPS) is 15.6. The number of hydrogen-bond acceptors (Lipinski definition) is 4. The molecule has 2 amide bonds. The number of sulfonamides is 1. The number of hydrogen-bond donors (Lipinski definition) is 0. The summed E-state index contributed by atoms with van der Waals surface area (Å²) < 4.78 is 29.4. The molecule has 0 radical (unpaired) electrons. The van der Waals surface area contributed by atoms with E-state index in [-0.39, 0.29) is 18.1 Å². The fourth-order valence-electron chi connectivity index (χ4n) is 3.17. The lowest BCUT2D eigenvalue weighted by atomic mass is 10.2. The molecule has 0 fully saturated rings. The summed E-state index contributed by atoms with van der Waals surface area (Å²) in [6.45, 7) is 0.203. The van der Waals surface area contributed by atoms with Gasteiger partial charge in [0.25, 0.3) is 10.0 Å². The van der Waals surface area contributed by atoms with E-state index in [1.165, 1.54) is 15.8 Å². The van der Waals surface area contributed by atoms with Crippen LogP contribution in [0.5, 0.6) is 0 Å². The maximum atomic E-state index is 13.2. The third-order valence-electron chi connectivity index (χ3n) is 4.56. The van der Waals surface area contributed by atoms with Gasteiger partial charge in [0.05, 0.1) is 19.3 Å². The number of amides is 2. The Balaban J connectivity index is 1.77. The molecule has 1 aliphatic heterocycles. The molecule has 0 bridgehead atoms. The molecule has 7 nitrogen and oxygen atoms in total. The van der Waals surface area contributed by atoms with E-state index >= 15 is 0 Å².